The largest absolute Gasteiger partial charge is 0.326 e. The van der Waals surface area contributed by atoms with Crippen molar-refractivity contribution in [1.82, 2.24) is 20.2 Å². The molecular weight excluding hydrogens is 258 g/mol. The van der Waals surface area contributed by atoms with Crippen LogP contribution in [-0.2, 0) is 0 Å². The highest BCUT2D eigenvalue weighted by atomic mass is 32.2. The molecule has 2 aromatic rings. The highest BCUT2D eigenvalue weighted by Gasteiger charge is 2.21. The van der Waals surface area contributed by atoms with Crippen LogP contribution in [0.3, 0.4) is 0 Å². The molecule has 102 valence electrons. The average molecular weight is 277 g/mol. The molecule has 0 saturated carbocycles. The number of para-hydroxylation sites is 1. The molecule has 19 heavy (non-hydrogen) atoms. The van der Waals surface area contributed by atoms with Gasteiger partial charge in [-0.15, -0.1) is 5.10 Å². The van der Waals surface area contributed by atoms with Gasteiger partial charge >= 0.3 is 0 Å². The molecule has 1 unspecified atom stereocenters. The molecular formula is C13H19N5S. The minimum atomic E-state index is 0.0814. The number of tetrazole rings is 1. The molecule has 2 N–H and O–H groups in total. The zero-order chi connectivity index (χ0) is 13.9. The van der Waals surface area contributed by atoms with Crippen LogP contribution in [0.4, 0.5) is 0 Å². The Hall–Kier alpha value is -1.40. The van der Waals surface area contributed by atoms with Crippen LogP contribution in [0.25, 0.3) is 5.69 Å². The van der Waals surface area contributed by atoms with Crippen LogP contribution in [0.15, 0.2) is 35.5 Å². The first-order valence-electron chi connectivity index (χ1n) is 6.20. The summed E-state index contributed by atoms with van der Waals surface area (Å²) in [7, 11) is 0. The Morgan fingerprint density at radius 2 is 1.95 bits per heavy atom. The lowest BCUT2D eigenvalue weighted by molar-refractivity contribution is 0.344. The zero-order valence-corrected chi connectivity index (χ0v) is 12.3. The van der Waals surface area contributed by atoms with E-state index in [1.807, 2.05) is 30.3 Å². The first-order chi connectivity index (χ1) is 8.98. The SMILES string of the molecule is CC(C)(C)C(N)CSc1nnnn1-c1ccccc1. The van der Waals surface area contributed by atoms with Crippen molar-refractivity contribution in [2.75, 3.05) is 5.75 Å². The third kappa shape index (κ3) is 3.54. The normalized spacial score (nSPS) is 13.5. The highest BCUT2D eigenvalue weighted by Crippen LogP contribution is 2.24. The lowest BCUT2D eigenvalue weighted by atomic mass is 9.89. The van der Waals surface area contributed by atoms with Crippen LogP contribution in [0.1, 0.15) is 20.8 Å². The summed E-state index contributed by atoms with van der Waals surface area (Å²) in [4.78, 5) is 0. The molecule has 0 bridgehead atoms. The molecule has 0 aliphatic heterocycles. The maximum atomic E-state index is 6.16. The number of aromatic nitrogens is 4. The highest BCUT2D eigenvalue weighted by molar-refractivity contribution is 7.99. The summed E-state index contributed by atoms with van der Waals surface area (Å²) in [6.45, 7) is 6.41. The van der Waals surface area contributed by atoms with Gasteiger partial charge in [0, 0.05) is 11.8 Å². The van der Waals surface area contributed by atoms with Gasteiger partial charge in [0.1, 0.15) is 0 Å². The lowest BCUT2D eigenvalue weighted by Gasteiger charge is -2.26. The first-order valence-corrected chi connectivity index (χ1v) is 7.19. The van der Waals surface area contributed by atoms with Crippen LogP contribution in [0, 0.1) is 5.41 Å². The Kier molecular flexibility index (Phi) is 4.21. The van der Waals surface area contributed by atoms with E-state index in [2.05, 4.69) is 36.3 Å². The number of nitrogens with two attached hydrogens (primary N) is 1. The molecule has 1 heterocycles. The molecule has 0 fully saturated rings. The van der Waals surface area contributed by atoms with Crippen molar-refractivity contribution < 1.29 is 0 Å². The number of nitrogens with zero attached hydrogens (tertiary/aromatic N) is 4. The Balaban J connectivity index is 2.09. The summed E-state index contributed by atoms with van der Waals surface area (Å²) in [5.41, 5.74) is 7.20. The van der Waals surface area contributed by atoms with Gasteiger partial charge in [-0.25, -0.2) is 0 Å². The smallest absolute Gasteiger partial charge is 0.214 e. The van der Waals surface area contributed by atoms with E-state index in [1.54, 1.807) is 16.4 Å². The number of rotatable bonds is 4. The first kappa shape index (κ1) is 14.0. The minimum absolute atomic E-state index is 0.0814. The van der Waals surface area contributed by atoms with Gasteiger partial charge in [0.15, 0.2) is 0 Å². The second kappa shape index (κ2) is 5.71. The molecule has 0 radical (unpaired) electrons. The van der Waals surface area contributed by atoms with Gasteiger partial charge < -0.3 is 5.73 Å². The third-order valence-corrected chi connectivity index (χ3v) is 3.98. The standard InChI is InChI=1S/C13H19N5S/c1-13(2,3)11(14)9-19-12-15-16-17-18(12)10-7-5-4-6-8-10/h4-8,11H,9,14H2,1-3H3. The van der Waals surface area contributed by atoms with Gasteiger partial charge in [-0.2, -0.15) is 4.68 Å². The van der Waals surface area contributed by atoms with Crippen LogP contribution >= 0.6 is 11.8 Å². The van der Waals surface area contributed by atoms with Gasteiger partial charge in [-0.1, -0.05) is 50.7 Å². The summed E-state index contributed by atoms with van der Waals surface area (Å²) in [5, 5.41) is 12.6. The summed E-state index contributed by atoms with van der Waals surface area (Å²) in [6.07, 6.45) is 0. The summed E-state index contributed by atoms with van der Waals surface area (Å²) >= 11 is 1.59. The van der Waals surface area contributed by atoms with E-state index in [-0.39, 0.29) is 11.5 Å². The number of thioether (sulfide) groups is 1. The summed E-state index contributed by atoms with van der Waals surface area (Å²) < 4.78 is 1.74. The molecule has 0 spiro atoms. The van der Waals surface area contributed by atoms with Crippen molar-refractivity contribution in [3.8, 4) is 5.69 Å². The molecule has 0 aliphatic rings. The van der Waals surface area contributed by atoms with E-state index in [0.717, 1.165) is 16.6 Å². The van der Waals surface area contributed by atoms with Crippen molar-refractivity contribution in [3.63, 3.8) is 0 Å². The zero-order valence-electron chi connectivity index (χ0n) is 11.4. The quantitative estimate of drug-likeness (QED) is 0.867. The predicted molar refractivity (Wildman–Crippen MR) is 77.3 cm³/mol. The van der Waals surface area contributed by atoms with Crippen LogP contribution in [0.2, 0.25) is 0 Å². The van der Waals surface area contributed by atoms with Crippen molar-refractivity contribution in [1.29, 1.82) is 0 Å². The van der Waals surface area contributed by atoms with Crippen LogP contribution < -0.4 is 5.73 Å². The van der Waals surface area contributed by atoms with Gasteiger partial charge in [-0.05, 0) is 28.0 Å². The molecule has 0 aliphatic carbocycles. The van der Waals surface area contributed by atoms with Crippen LogP contribution in [-0.4, -0.2) is 32.0 Å². The fourth-order valence-electron chi connectivity index (χ4n) is 1.41. The minimum Gasteiger partial charge on any atom is -0.326 e. The monoisotopic (exact) mass is 277 g/mol. The Bertz CT molecular complexity index is 517. The molecule has 0 amide bonds. The second-order valence-corrected chi connectivity index (χ2v) is 6.48. The Morgan fingerprint density at radius 3 is 2.58 bits per heavy atom. The van der Waals surface area contributed by atoms with Crippen LogP contribution in [0.5, 0.6) is 0 Å². The average Bonchev–Trinajstić information content (AvgIpc) is 2.84. The van der Waals surface area contributed by atoms with E-state index in [4.69, 9.17) is 5.73 Å². The van der Waals surface area contributed by atoms with E-state index in [0.29, 0.717) is 0 Å². The van der Waals surface area contributed by atoms with E-state index in [1.165, 1.54) is 0 Å². The topological polar surface area (TPSA) is 69.6 Å². The Labute approximate surface area is 117 Å². The molecule has 1 atom stereocenters. The number of benzene rings is 1. The maximum absolute atomic E-state index is 6.16. The second-order valence-electron chi connectivity index (χ2n) is 5.49. The van der Waals surface area contributed by atoms with Gasteiger partial charge in [0.2, 0.25) is 5.16 Å². The fraction of sp³-hybridized carbons (Fsp3) is 0.462. The van der Waals surface area contributed by atoms with E-state index < -0.39 is 0 Å². The number of hydrogen-bond acceptors (Lipinski definition) is 5. The number of hydrogen-bond donors (Lipinski definition) is 1. The predicted octanol–water partition coefficient (Wildman–Crippen LogP) is 2.13. The summed E-state index contributed by atoms with van der Waals surface area (Å²) in [6, 6.07) is 9.95. The maximum Gasteiger partial charge on any atom is 0.214 e. The van der Waals surface area contributed by atoms with Crippen molar-refractivity contribution in [2.45, 2.75) is 32.0 Å². The Morgan fingerprint density at radius 1 is 1.26 bits per heavy atom. The van der Waals surface area contributed by atoms with Crippen molar-refractivity contribution >= 4 is 11.8 Å². The van der Waals surface area contributed by atoms with Gasteiger partial charge in [-0.3, -0.25) is 0 Å². The molecule has 1 aromatic carbocycles. The third-order valence-electron chi connectivity index (χ3n) is 2.95. The molecule has 0 saturated heterocycles. The van der Waals surface area contributed by atoms with Crippen molar-refractivity contribution in [3.05, 3.63) is 30.3 Å². The van der Waals surface area contributed by atoms with E-state index >= 15 is 0 Å². The molecule has 6 heteroatoms. The van der Waals surface area contributed by atoms with Gasteiger partial charge in [0.25, 0.3) is 0 Å². The van der Waals surface area contributed by atoms with Gasteiger partial charge in [0.05, 0.1) is 5.69 Å². The summed E-state index contributed by atoms with van der Waals surface area (Å²) in [5.74, 6) is 0.788. The van der Waals surface area contributed by atoms with Crippen molar-refractivity contribution in [2.24, 2.45) is 11.1 Å². The molecule has 5 nitrogen and oxygen atoms in total. The molecule has 1 aromatic heterocycles. The fourth-order valence-corrected chi connectivity index (χ4v) is 2.60. The van der Waals surface area contributed by atoms with E-state index in [9.17, 15) is 0 Å². The molecule has 2 rings (SSSR count). The lowest BCUT2D eigenvalue weighted by Crippen LogP contribution is -2.37.